The lowest BCUT2D eigenvalue weighted by molar-refractivity contribution is -0.141. The van der Waals surface area contributed by atoms with Gasteiger partial charge in [-0.15, -0.1) is 0 Å². The maximum atomic E-state index is 12.4. The van der Waals surface area contributed by atoms with Gasteiger partial charge in [-0.2, -0.15) is 0 Å². The van der Waals surface area contributed by atoms with Crippen molar-refractivity contribution in [1.29, 1.82) is 0 Å². The zero-order valence-corrected chi connectivity index (χ0v) is 10.2. The monoisotopic (exact) mass is 267 g/mol. The summed E-state index contributed by atoms with van der Waals surface area (Å²) < 4.78 is 0. The minimum absolute atomic E-state index is 0.257. The second-order valence-corrected chi connectivity index (χ2v) is 4.77. The molecule has 0 saturated carbocycles. The van der Waals surface area contributed by atoms with Gasteiger partial charge in [0, 0.05) is 6.54 Å². The standard InChI is InChI=1S/C10H13N5O4/c1-2-3-4-15-5(16)9-10(6(15)17,13-7(18)11-9)14-8(19)12-9/h2-4H2,1H3,(H2,11,13,18)(H2,12,14,19). The molecule has 3 aliphatic heterocycles. The van der Waals surface area contributed by atoms with E-state index in [2.05, 4.69) is 21.3 Å². The number of nitrogens with zero attached hydrogens (tertiary/aromatic N) is 1. The summed E-state index contributed by atoms with van der Waals surface area (Å²) in [6.07, 6.45) is 1.47. The van der Waals surface area contributed by atoms with E-state index in [0.717, 1.165) is 11.3 Å². The SMILES string of the molecule is CCCCN1C(=O)C23NC(=O)NC2(NC(=O)N3)C1=O. The van der Waals surface area contributed by atoms with Crippen LogP contribution in [0.2, 0.25) is 0 Å². The van der Waals surface area contributed by atoms with Crippen LogP contribution in [-0.4, -0.2) is 46.6 Å². The smallest absolute Gasteiger partial charge is 0.303 e. The quantitative estimate of drug-likeness (QED) is 0.450. The topological polar surface area (TPSA) is 120 Å². The predicted molar refractivity (Wildman–Crippen MR) is 60.4 cm³/mol. The minimum Gasteiger partial charge on any atom is -0.303 e. The minimum atomic E-state index is -1.74. The highest BCUT2D eigenvalue weighted by Gasteiger charge is 2.79. The van der Waals surface area contributed by atoms with Gasteiger partial charge in [0.25, 0.3) is 11.8 Å². The molecule has 3 saturated heterocycles. The molecule has 9 heteroatoms. The normalized spacial score (nSPS) is 35.5. The fourth-order valence-electron chi connectivity index (χ4n) is 2.73. The fraction of sp³-hybridized carbons (Fsp3) is 0.600. The molecule has 0 atom stereocenters. The molecule has 0 aliphatic carbocycles. The zero-order chi connectivity index (χ0) is 13.8. The Hall–Kier alpha value is -2.32. The first-order chi connectivity index (χ1) is 8.97. The van der Waals surface area contributed by atoms with Crippen molar-refractivity contribution in [3.05, 3.63) is 0 Å². The van der Waals surface area contributed by atoms with E-state index in [0.29, 0.717) is 6.42 Å². The Kier molecular flexibility index (Phi) is 2.08. The molecular weight excluding hydrogens is 254 g/mol. The van der Waals surface area contributed by atoms with E-state index in [1.165, 1.54) is 0 Å². The second kappa shape index (κ2) is 3.37. The van der Waals surface area contributed by atoms with E-state index in [4.69, 9.17) is 0 Å². The third-order valence-electron chi connectivity index (χ3n) is 3.63. The van der Waals surface area contributed by atoms with Gasteiger partial charge in [-0.25, -0.2) is 9.59 Å². The molecule has 0 spiro atoms. The molecule has 3 rings (SSSR count). The highest BCUT2D eigenvalue weighted by molar-refractivity contribution is 6.22. The van der Waals surface area contributed by atoms with E-state index < -0.39 is 35.2 Å². The molecule has 4 N–H and O–H groups in total. The van der Waals surface area contributed by atoms with Crippen LogP contribution < -0.4 is 21.3 Å². The molecule has 3 heterocycles. The Morgan fingerprint density at radius 2 is 1.32 bits per heavy atom. The number of hydrogen-bond acceptors (Lipinski definition) is 4. The van der Waals surface area contributed by atoms with Gasteiger partial charge in [0.1, 0.15) is 0 Å². The van der Waals surface area contributed by atoms with Crippen LogP contribution in [0.5, 0.6) is 0 Å². The molecule has 0 bridgehead atoms. The lowest BCUT2D eigenvalue weighted by Gasteiger charge is -2.23. The molecule has 0 aromatic rings. The van der Waals surface area contributed by atoms with E-state index in [1.54, 1.807) is 0 Å². The first-order valence-electron chi connectivity index (χ1n) is 6.04. The maximum Gasteiger partial charge on any atom is 0.319 e. The molecule has 102 valence electrons. The summed E-state index contributed by atoms with van der Waals surface area (Å²) in [6.45, 7) is 2.19. The number of hydrogen-bond donors (Lipinski definition) is 4. The number of rotatable bonds is 3. The maximum absolute atomic E-state index is 12.4. The van der Waals surface area contributed by atoms with Crippen molar-refractivity contribution in [2.75, 3.05) is 6.54 Å². The number of nitrogens with one attached hydrogen (secondary N) is 4. The number of imide groups is 1. The highest BCUT2D eigenvalue weighted by Crippen LogP contribution is 2.37. The van der Waals surface area contributed by atoms with Gasteiger partial charge in [-0.3, -0.25) is 14.5 Å². The van der Waals surface area contributed by atoms with Crippen molar-refractivity contribution in [2.24, 2.45) is 0 Å². The van der Waals surface area contributed by atoms with Gasteiger partial charge in [0.2, 0.25) is 11.3 Å². The molecule has 0 aromatic carbocycles. The Morgan fingerprint density at radius 1 is 0.895 bits per heavy atom. The highest BCUT2D eigenvalue weighted by atomic mass is 16.2. The number of carbonyl (C=O) groups is 4. The van der Waals surface area contributed by atoms with E-state index in [-0.39, 0.29) is 6.54 Å². The summed E-state index contributed by atoms with van der Waals surface area (Å²) >= 11 is 0. The van der Waals surface area contributed by atoms with Crippen LogP contribution >= 0.6 is 0 Å². The second-order valence-electron chi connectivity index (χ2n) is 4.77. The van der Waals surface area contributed by atoms with Gasteiger partial charge < -0.3 is 21.3 Å². The summed E-state index contributed by atoms with van der Waals surface area (Å²) in [5.41, 5.74) is -3.49. The summed E-state index contributed by atoms with van der Waals surface area (Å²) in [6, 6.07) is -1.35. The van der Waals surface area contributed by atoms with Crippen LogP contribution in [0.1, 0.15) is 19.8 Å². The van der Waals surface area contributed by atoms with Gasteiger partial charge in [0.15, 0.2) is 0 Å². The summed E-state index contributed by atoms with van der Waals surface area (Å²) in [5, 5.41) is 9.37. The van der Waals surface area contributed by atoms with Gasteiger partial charge in [-0.1, -0.05) is 13.3 Å². The van der Waals surface area contributed by atoms with Crippen LogP contribution in [0.25, 0.3) is 0 Å². The Balaban J connectivity index is 2.03. The van der Waals surface area contributed by atoms with E-state index >= 15 is 0 Å². The average molecular weight is 267 g/mol. The number of amides is 6. The Labute approximate surface area is 108 Å². The molecule has 0 radical (unpaired) electrons. The van der Waals surface area contributed by atoms with Crippen LogP contribution in [0.3, 0.4) is 0 Å². The molecule has 19 heavy (non-hydrogen) atoms. The number of urea groups is 2. The van der Waals surface area contributed by atoms with Crippen LogP contribution in [0.15, 0.2) is 0 Å². The molecule has 6 amide bonds. The molecule has 0 aromatic heterocycles. The van der Waals surface area contributed by atoms with Crippen molar-refractivity contribution in [2.45, 2.75) is 31.1 Å². The van der Waals surface area contributed by atoms with Crippen LogP contribution in [-0.2, 0) is 9.59 Å². The largest absolute Gasteiger partial charge is 0.319 e. The average Bonchev–Trinajstić information content (AvgIpc) is 2.81. The Bertz CT molecular complexity index is 458. The molecule has 3 fully saturated rings. The van der Waals surface area contributed by atoms with Gasteiger partial charge in [0.05, 0.1) is 0 Å². The first-order valence-corrected chi connectivity index (χ1v) is 6.04. The summed E-state index contributed by atoms with van der Waals surface area (Å²) in [4.78, 5) is 48.7. The van der Waals surface area contributed by atoms with Gasteiger partial charge >= 0.3 is 12.1 Å². The van der Waals surface area contributed by atoms with Crippen molar-refractivity contribution in [3.63, 3.8) is 0 Å². The van der Waals surface area contributed by atoms with Crippen molar-refractivity contribution in [1.82, 2.24) is 26.2 Å². The third-order valence-corrected chi connectivity index (χ3v) is 3.63. The lowest BCUT2D eigenvalue weighted by Crippen LogP contribution is -2.68. The first kappa shape index (κ1) is 11.8. The van der Waals surface area contributed by atoms with Crippen LogP contribution in [0, 0.1) is 0 Å². The predicted octanol–water partition coefficient (Wildman–Crippen LogP) is -1.83. The van der Waals surface area contributed by atoms with Crippen molar-refractivity contribution in [3.8, 4) is 0 Å². The molecule has 9 nitrogen and oxygen atoms in total. The zero-order valence-electron chi connectivity index (χ0n) is 10.2. The molecule has 3 aliphatic rings. The number of unbranched alkanes of at least 4 members (excludes halogenated alkanes) is 1. The summed E-state index contributed by atoms with van der Waals surface area (Å²) in [5.74, 6) is -1.25. The van der Waals surface area contributed by atoms with Crippen molar-refractivity contribution < 1.29 is 19.2 Å². The molecular formula is C10H13N5O4. The third kappa shape index (κ3) is 1.14. The Morgan fingerprint density at radius 3 is 1.68 bits per heavy atom. The fourth-order valence-corrected chi connectivity index (χ4v) is 2.73. The summed E-state index contributed by atoms with van der Waals surface area (Å²) in [7, 11) is 0. The van der Waals surface area contributed by atoms with Crippen molar-refractivity contribution >= 4 is 23.9 Å². The van der Waals surface area contributed by atoms with Gasteiger partial charge in [-0.05, 0) is 6.42 Å². The van der Waals surface area contributed by atoms with E-state index in [1.807, 2.05) is 6.92 Å². The number of carbonyl (C=O) groups excluding carboxylic acids is 4. The number of likely N-dealkylation sites (tertiary alicyclic amines) is 1. The van der Waals surface area contributed by atoms with Crippen LogP contribution in [0.4, 0.5) is 9.59 Å². The van der Waals surface area contributed by atoms with E-state index in [9.17, 15) is 19.2 Å². The molecule has 0 unspecified atom stereocenters. The lowest BCUT2D eigenvalue weighted by atomic mass is 10.00.